The van der Waals surface area contributed by atoms with Gasteiger partial charge in [-0.15, -0.1) is 0 Å². The predicted molar refractivity (Wildman–Crippen MR) is 58.5 cm³/mol. The summed E-state index contributed by atoms with van der Waals surface area (Å²) in [6.07, 6.45) is 1.48. The SMILES string of the molecule is O=C(O)[C@@H]1CC[C@H](c2cccc(Br)n2)N1. The summed E-state index contributed by atoms with van der Waals surface area (Å²) in [5.41, 5.74) is 0.896. The fraction of sp³-hybridized carbons (Fsp3) is 0.400. The quantitative estimate of drug-likeness (QED) is 0.804. The summed E-state index contributed by atoms with van der Waals surface area (Å²) >= 11 is 3.30. The van der Waals surface area contributed by atoms with Gasteiger partial charge in [0, 0.05) is 0 Å². The van der Waals surface area contributed by atoms with E-state index in [1.54, 1.807) is 0 Å². The molecule has 0 spiro atoms. The van der Waals surface area contributed by atoms with Crippen molar-refractivity contribution < 1.29 is 9.90 Å². The molecule has 2 heterocycles. The van der Waals surface area contributed by atoms with Gasteiger partial charge in [-0.25, -0.2) is 4.98 Å². The second-order valence-electron chi connectivity index (χ2n) is 3.57. The molecule has 1 aromatic heterocycles. The van der Waals surface area contributed by atoms with Gasteiger partial charge in [0.05, 0.1) is 11.7 Å². The Labute approximate surface area is 95.8 Å². The molecule has 0 bridgehead atoms. The molecule has 80 valence electrons. The second-order valence-corrected chi connectivity index (χ2v) is 4.39. The second kappa shape index (κ2) is 4.28. The monoisotopic (exact) mass is 270 g/mol. The summed E-state index contributed by atoms with van der Waals surface area (Å²) in [6.45, 7) is 0. The van der Waals surface area contributed by atoms with Gasteiger partial charge in [-0.1, -0.05) is 6.07 Å². The molecule has 1 aromatic rings. The summed E-state index contributed by atoms with van der Waals surface area (Å²) in [5, 5.41) is 11.9. The van der Waals surface area contributed by atoms with Gasteiger partial charge >= 0.3 is 5.97 Å². The predicted octanol–water partition coefficient (Wildman–Crippen LogP) is 1.72. The summed E-state index contributed by atoms with van der Waals surface area (Å²) in [6, 6.07) is 5.29. The number of aromatic nitrogens is 1. The number of hydrogen-bond acceptors (Lipinski definition) is 3. The Balaban J connectivity index is 2.11. The number of carboxylic acid groups (broad SMARTS) is 1. The molecule has 1 fully saturated rings. The number of aliphatic carboxylic acids is 1. The molecule has 0 aliphatic carbocycles. The zero-order chi connectivity index (χ0) is 10.8. The maximum atomic E-state index is 10.8. The van der Waals surface area contributed by atoms with E-state index in [2.05, 4.69) is 26.2 Å². The van der Waals surface area contributed by atoms with Crippen LogP contribution in [0.5, 0.6) is 0 Å². The van der Waals surface area contributed by atoms with Crippen molar-refractivity contribution in [3.8, 4) is 0 Å². The van der Waals surface area contributed by atoms with Crippen molar-refractivity contribution in [2.75, 3.05) is 0 Å². The molecule has 0 saturated carbocycles. The topological polar surface area (TPSA) is 62.2 Å². The minimum atomic E-state index is -0.785. The molecule has 4 nitrogen and oxygen atoms in total. The lowest BCUT2D eigenvalue weighted by Gasteiger charge is -2.11. The van der Waals surface area contributed by atoms with Gasteiger partial charge < -0.3 is 5.11 Å². The molecule has 15 heavy (non-hydrogen) atoms. The van der Waals surface area contributed by atoms with E-state index in [0.29, 0.717) is 6.42 Å². The van der Waals surface area contributed by atoms with E-state index in [4.69, 9.17) is 5.11 Å². The van der Waals surface area contributed by atoms with E-state index in [1.807, 2.05) is 18.2 Å². The molecular formula is C10H11BrN2O2. The van der Waals surface area contributed by atoms with Gasteiger partial charge in [0.25, 0.3) is 0 Å². The van der Waals surface area contributed by atoms with Crippen molar-refractivity contribution in [2.45, 2.75) is 24.9 Å². The lowest BCUT2D eigenvalue weighted by molar-refractivity contribution is -0.139. The number of carbonyl (C=O) groups is 1. The van der Waals surface area contributed by atoms with E-state index in [-0.39, 0.29) is 6.04 Å². The zero-order valence-electron chi connectivity index (χ0n) is 7.98. The molecular weight excluding hydrogens is 260 g/mol. The molecule has 0 unspecified atom stereocenters. The average molecular weight is 271 g/mol. The summed E-state index contributed by atoms with van der Waals surface area (Å²) in [7, 11) is 0. The van der Waals surface area contributed by atoms with Crippen LogP contribution in [0.1, 0.15) is 24.6 Å². The Morgan fingerprint density at radius 3 is 2.93 bits per heavy atom. The number of nitrogens with one attached hydrogen (secondary N) is 1. The number of hydrogen-bond donors (Lipinski definition) is 2. The van der Waals surface area contributed by atoms with Crippen LogP contribution < -0.4 is 5.32 Å². The maximum Gasteiger partial charge on any atom is 0.320 e. The van der Waals surface area contributed by atoms with Gasteiger partial charge in [0.15, 0.2) is 0 Å². The van der Waals surface area contributed by atoms with E-state index < -0.39 is 12.0 Å². The lowest BCUT2D eigenvalue weighted by Crippen LogP contribution is -2.32. The Bertz CT molecular complexity index is 383. The van der Waals surface area contributed by atoms with Crippen molar-refractivity contribution in [3.05, 3.63) is 28.5 Å². The minimum Gasteiger partial charge on any atom is -0.480 e. The first kappa shape index (κ1) is 10.6. The molecule has 2 N–H and O–H groups in total. The molecule has 2 rings (SSSR count). The molecule has 5 heteroatoms. The van der Waals surface area contributed by atoms with Gasteiger partial charge in [0.1, 0.15) is 10.6 Å². The first-order chi connectivity index (χ1) is 7.16. The standard InChI is InChI=1S/C10H11BrN2O2/c11-9-3-1-2-6(13-9)7-4-5-8(12-7)10(14)15/h1-3,7-8,12H,4-5H2,(H,14,15)/t7-,8+/m1/s1. The molecule has 0 aromatic carbocycles. The molecule has 1 aliphatic heterocycles. The number of halogens is 1. The Morgan fingerprint density at radius 2 is 2.33 bits per heavy atom. The van der Waals surface area contributed by atoms with Crippen LogP contribution in [0.25, 0.3) is 0 Å². The molecule has 0 radical (unpaired) electrons. The van der Waals surface area contributed by atoms with Gasteiger partial charge in [-0.3, -0.25) is 10.1 Å². The van der Waals surface area contributed by atoms with Gasteiger partial charge in [0.2, 0.25) is 0 Å². The van der Waals surface area contributed by atoms with Crippen LogP contribution in [-0.4, -0.2) is 22.1 Å². The van der Waals surface area contributed by atoms with E-state index in [1.165, 1.54) is 0 Å². The Morgan fingerprint density at radius 1 is 1.53 bits per heavy atom. The normalized spacial score (nSPS) is 25.4. The Hall–Kier alpha value is -0.940. The largest absolute Gasteiger partial charge is 0.480 e. The van der Waals surface area contributed by atoms with Crippen LogP contribution in [0.4, 0.5) is 0 Å². The van der Waals surface area contributed by atoms with Gasteiger partial charge in [-0.2, -0.15) is 0 Å². The number of rotatable bonds is 2. The van der Waals surface area contributed by atoms with Gasteiger partial charge in [-0.05, 0) is 40.9 Å². The fourth-order valence-corrected chi connectivity index (χ4v) is 2.15. The van der Waals surface area contributed by atoms with E-state index in [9.17, 15) is 4.79 Å². The van der Waals surface area contributed by atoms with Crippen LogP contribution >= 0.6 is 15.9 Å². The summed E-state index contributed by atoms with van der Waals surface area (Å²) in [4.78, 5) is 15.1. The van der Waals surface area contributed by atoms with Crippen molar-refractivity contribution >= 4 is 21.9 Å². The number of nitrogens with zero attached hydrogens (tertiary/aromatic N) is 1. The van der Waals surface area contributed by atoms with Crippen molar-refractivity contribution in [1.82, 2.24) is 10.3 Å². The zero-order valence-corrected chi connectivity index (χ0v) is 9.57. The van der Waals surface area contributed by atoms with Crippen LogP contribution in [0.2, 0.25) is 0 Å². The highest BCUT2D eigenvalue weighted by atomic mass is 79.9. The van der Waals surface area contributed by atoms with Crippen LogP contribution in [0, 0.1) is 0 Å². The summed E-state index contributed by atoms with van der Waals surface area (Å²) in [5.74, 6) is -0.785. The smallest absolute Gasteiger partial charge is 0.320 e. The average Bonchev–Trinajstić information content (AvgIpc) is 2.66. The highest BCUT2D eigenvalue weighted by Crippen LogP contribution is 2.25. The van der Waals surface area contributed by atoms with Crippen LogP contribution in [0.3, 0.4) is 0 Å². The third kappa shape index (κ3) is 2.35. The van der Waals surface area contributed by atoms with Crippen molar-refractivity contribution in [1.29, 1.82) is 0 Å². The lowest BCUT2D eigenvalue weighted by atomic mass is 10.1. The van der Waals surface area contributed by atoms with E-state index >= 15 is 0 Å². The van der Waals surface area contributed by atoms with E-state index in [0.717, 1.165) is 16.7 Å². The minimum absolute atomic E-state index is 0.0589. The number of carboxylic acids is 1. The maximum absolute atomic E-state index is 10.8. The Kier molecular flexibility index (Phi) is 3.02. The highest BCUT2D eigenvalue weighted by molar-refractivity contribution is 9.10. The molecule has 2 atom stereocenters. The first-order valence-corrected chi connectivity index (χ1v) is 5.57. The first-order valence-electron chi connectivity index (χ1n) is 4.78. The van der Waals surface area contributed by atoms with Crippen LogP contribution in [-0.2, 0) is 4.79 Å². The fourth-order valence-electron chi connectivity index (χ4n) is 1.79. The molecule has 1 aliphatic rings. The summed E-state index contributed by atoms with van der Waals surface area (Å²) < 4.78 is 0.778. The molecule has 1 saturated heterocycles. The molecule has 0 amide bonds. The number of pyridine rings is 1. The van der Waals surface area contributed by atoms with Crippen molar-refractivity contribution in [2.24, 2.45) is 0 Å². The van der Waals surface area contributed by atoms with Crippen molar-refractivity contribution in [3.63, 3.8) is 0 Å². The van der Waals surface area contributed by atoms with Crippen LogP contribution in [0.15, 0.2) is 22.8 Å². The third-order valence-electron chi connectivity index (χ3n) is 2.54. The third-order valence-corrected chi connectivity index (χ3v) is 2.98. The highest BCUT2D eigenvalue weighted by Gasteiger charge is 2.30.